The summed E-state index contributed by atoms with van der Waals surface area (Å²) in [6.07, 6.45) is -4.69. The first-order valence-electron chi connectivity index (χ1n) is 5.82. The summed E-state index contributed by atoms with van der Waals surface area (Å²) >= 11 is 5.82. The highest BCUT2D eigenvalue weighted by molar-refractivity contribution is 6.33. The number of hydrogen-bond donors (Lipinski definition) is 0. The van der Waals surface area contributed by atoms with Gasteiger partial charge in [0.2, 0.25) is 0 Å². The monoisotopic (exact) mass is 317 g/mol. The van der Waals surface area contributed by atoms with Gasteiger partial charge in [-0.25, -0.2) is 0 Å². The summed E-state index contributed by atoms with van der Waals surface area (Å²) in [4.78, 5) is 8.62. The molecular formula is C13H11ClF3N3O. The Hall–Kier alpha value is -2.02. The first-order chi connectivity index (χ1) is 9.84. The summed E-state index contributed by atoms with van der Waals surface area (Å²) in [5.74, 6) is -0.0814. The van der Waals surface area contributed by atoms with Gasteiger partial charge in [0.15, 0.2) is 11.5 Å². The third-order valence-corrected chi connectivity index (χ3v) is 3.07. The Balaban J connectivity index is 2.58. The Kier molecular flexibility index (Phi) is 4.22. The predicted octanol–water partition coefficient (Wildman–Crippen LogP) is 3.93. The van der Waals surface area contributed by atoms with Gasteiger partial charge in [-0.2, -0.15) is 23.1 Å². The standard InChI is InChI=1S/C13H11ClF3N3O/c1-20(8-6-4-3-5-7-8)11-9(14)10(13(15,16)17)18-12(19-11)21-2/h3-7H,1-2H3. The lowest BCUT2D eigenvalue weighted by Crippen LogP contribution is -2.17. The van der Waals surface area contributed by atoms with Crippen molar-refractivity contribution in [3.63, 3.8) is 0 Å². The molecule has 0 N–H and O–H groups in total. The largest absolute Gasteiger partial charge is 0.467 e. The maximum absolute atomic E-state index is 13.0. The quantitative estimate of drug-likeness (QED) is 0.860. The maximum Gasteiger partial charge on any atom is 0.435 e. The molecule has 0 aliphatic heterocycles. The lowest BCUT2D eigenvalue weighted by molar-refractivity contribution is -0.141. The van der Waals surface area contributed by atoms with Gasteiger partial charge in [0.05, 0.1) is 7.11 Å². The fourth-order valence-corrected chi connectivity index (χ4v) is 2.01. The number of anilines is 2. The van der Waals surface area contributed by atoms with Gasteiger partial charge in [-0.15, -0.1) is 0 Å². The van der Waals surface area contributed by atoms with E-state index in [0.717, 1.165) is 0 Å². The van der Waals surface area contributed by atoms with Crippen molar-refractivity contribution in [2.24, 2.45) is 0 Å². The SMILES string of the molecule is COc1nc(N(C)c2ccccc2)c(Cl)c(C(F)(F)F)n1. The van der Waals surface area contributed by atoms with Crippen LogP contribution in [0.1, 0.15) is 5.69 Å². The summed E-state index contributed by atoms with van der Waals surface area (Å²) in [6.45, 7) is 0. The average Bonchev–Trinajstić information content (AvgIpc) is 2.46. The molecule has 0 spiro atoms. The molecule has 8 heteroatoms. The normalized spacial score (nSPS) is 11.3. The van der Waals surface area contributed by atoms with Crippen molar-refractivity contribution in [1.82, 2.24) is 9.97 Å². The second-order valence-corrected chi connectivity index (χ2v) is 4.47. The highest BCUT2D eigenvalue weighted by Crippen LogP contribution is 2.39. The van der Waals surface area contributed by atoms with E-state index in [2.05, 4.69) is 9.97 Å². The van der Waals surface area contributed by atoms with Crippen LogP contribution in [0.25, 0.3) is 0 Å². The van der Waals surface area contributed by atoms with Crippen molar-refractivity contribution >= 4 is 23.1 Å². The van der Waals surface area contributed by atoms with E-state index < -0.39 is 22.9 Å². The molecule has 0 aliphatic rings. The Bertz CT molecular complexity index is 635. The van der Waals surface area contributed by atoms with Crippen LogP contribution < -0.4 is 9.64 Å². The van der Waals surface area contributed by atoms with Gasteiger partial charge >= 0.3 is 12.2 Å². The molecule has 0 amide bonds. The van der Waals surface area contributed by atoms with Crippen molar-refractivity contribution in [3.8, 4) is 6.01 Å². The van der Waals surface area contributed by atoms with Crippen molar-refractivity contribution in [1.29, 1.82) is 0 Å². The van der Waals surface area contributed by atoms with Crippen molar-refractivity contribution in [2.45, 2.75) is 6.18 Å². The van der Waals surface area contributed by atoms with E-state index in [1.54, 1.807) is 37.4 Å². The molecule has 0 atom stereocenters. The van der Waals surface area contributed by atoms with Crippen molar-refractivity contribution < 1.29 is 17.9 Å². The lowest BCUT2D eigenvalue weighted by atomic mass is 10.3. The maximum atomic E-state index is 13.0. The van der Waals surface area contributed by atoms with Gasteiger partial charge in [-0.1, -0.05) is 29.8 Å². The molecule has 0 saturated carbocycles. The fourth-order valence-electron chi connectivity index (χ4n) is 1.69. The molecule has 0 aliphatic carbocycles. The number of methoxy groups -OCH3 is 1. The van der Waals surface area contributed by atoms with Crippen LogP contribution in [-0.2, 0) is 6.18 Å². The number of alkyl halides is 3. The van der Waals surface area contributed by atoms with Gasteiger partial charge in [0.1, 0.15) is 5.02 Å². The van der Waals surface area contributed by atoms with Gasteiger partial charge < -0.3 is 9.64 Å². The van der Waals surface area contributed by atoms with E-state index in [9.17, 15) is 13.2 Å². The molecule has 1 aromatic heterocycles. The molecule has 0 bridgehead atoms. The summed E-state index contributed by atoms with van der Waals surface area (Å²) < 4.78 is 43.6. The molecule has 112 valence electrons. The Morgan fingerprint density at radius 1 is 1.14 bits per heavy atom. The van der Waals surface area contributed by atoms with E-state index in [4.69, 9.17) is 16.3 Å². The van der Waals surface area contributed by atoms with E-state index in [1.165, 1.54) is 12.0 Å². The topological polar surface area (TPSA) is 38.2 Å². The molecule has 0 unspecified atom stereocenters. The van der Waals surface area contributed by atoms with Gasteiger partial charge in [-0.3, -0.25) is 0 Å². The first-order valence-corrected chi connectivity index (χ1v) is 6.20. The molecule has 1 aromatic carbocycles. The third-order valence-electron chi connectivity index (χ3n) is 2.73. The van der Waals surface area contributed by atoms with Crippen molar-refractivity contribution in [2.75, 3.05) is 19.1 Å². The number of nitrogens with zero attached hydrogens (tertiary/aromatic N) is 3. The van der Waals surface area contributed by atoms with Crippen molar-refractivity contribution in [3.05, 3.63) is 41.0 Å². The minimum Gasteiger partial charge on any atom is -0.467 e. The third kappa shape index (κ3) is 3.18. The van der Waals surface area contributed by atoms with Crippen LogP contribution >= 0.6 is 11.6 Å². The van der Waals surface area contributed by atoms with E-state index >= 15 is 0 Å². The van der Waals surface area contributed by atoms with Crippen LogP contribution in [0.5, 0.6) is 6.01 Å². The number of ether oxygens (including phenoxy) is 1. The Morgan fingerprint density at radius 3 is 2.29 bits per heavy atom. The molecule has 0 radical (unpaired) electrons. The Labute approximate surface area is 124 Å². The van der Waals surface area contributed by atoms with Crippen LogP contribution in [0.15, 0.2) is 30.3 Å². The van der Waals surface area contributed by atoms with Crippen LogP contribution in [0, 0.1) is 0 Å². The van der Waals surface area contributed by atoms with Crippen LogP contribution in [0.3, 0.4) is 0 Å². The van der Waals surface area contributed by atoms with E-state index in [0.29, 0.717) is 5.69 Å². The zero-order chi connectivity index (χ0) is 15.6. The second kappa shape index (κ2) is 5.77. The summed E-state index contributed by atoms with van der Waals surface area (Å²) in [5.41, 5.74) is -0.595. The summed E-state index contributed by atoms with van der Waals surface area (Å²) in [7, 11) is 2.75. The fraction of sp³-hybridized carbons (Fsp3) is 0.231. The number of aromatic nitrogens is 2. The number of hydrogen-bond acceptors (Lipinski definition) is 4. The lowest BCUT2D eigenvalue weighted by Gasteiger charge is -2.21. The van der Waals surface area contributed by atoms with E-state index in [1.807, 2.05) is 0 Å². The van der Waals surface area contributed by atoms with Crippen LogP contribution in [-0.4, -0.2) is 24.1 Å². The zero-order valence-corrected chi connectivity index (χ0v) is 11.9. The van der Waals surface area contributed by atoms with Gasteiger partial charge in [-0.05, 0) is 12.1 Å². The number of rotatable bonds is 3. The Morgan fingerprint density at radius 2 is 1.76 bits per heavy atom. The molecule has 1 heterocycles. The predicted molar refractivity (Wildman–Crippen MR) is 73.1 cm³/mol. The highest BCUT2D eigenvalue weighted by Gasteiger charge is 2.38. The zero-order valence-electron chi connectivity index (χ0n) is 11.1. The molecule has 0 saturated heterocycles. The minimum absolute atomic E-state index is 0.0814. The van der Waals surface area contributed by atoms with Crippen LogP contribution in [0.4, 0.5) is 24.7 Å². The summed E-state index contributed by atoms with van der Waals surface area (Å²) in [5, 5.41) is -0.574. The molecule has 21 heavy (non-hydrogen) atoms. The smallest absolute Gasteiger partial charge is 0.435 e. The summed E-state index contributed by atoms with van der Waals surface area (Å²) in [6, 6.07) is 8.34. The van der Waals surface area contributed by atoms with E-state index in [-0.39, 0.29) is 5.82 Å². The number of halogens is 4. The molecule has 0 fully saturated rings. The second-order valence-electron chi connectivity index (χ2n) is 4.09. The van der Waals surface area contributed by atoms with Crippen LogP contribution in [0.2, 0.25) is 5.02 Å². The number of para-hydroxylation sites is 1. The number of benzene rings is 1. The highest BCUT2D eigenvalue weighted by atomic mass is 35.5. The van der Waals surface area contributed by atoms with Gasteiger partial charge in [0.25, 0.3) is 0 Å². The molecule has 4 nitrogen and oxygen atoms in total. The molecule has 2 aromatic rings. The molecule has 2 rings (SSSR count). The molecular weight excluding hydrogens is 307 g/mol. The minimum atomic E-state index is -4.69. The van der Waals surface area contributed by atoms with Gasteiger partial charge in [0, 0.05) is 12.7 Å². The first kappa shape index (κ1) is 15.4. The average molecular weight is 318 g/mol.